The number of carbonyl (C=O) groups is 1. The summed E-state index contributed by atoms with van der Waals surface area (Å²) in [5, 5.41) is 20.9. The number of hydrogen-bond donors (Lipinski definition) is 3. The first-order valence-corrected chi connectivity index (χ1v) is 6.01. The number of ether oxygens (including phenoxy) is 1. The van der Waals surface area contributed by atoms with Gasteiger partial charge < -0.3 is 20.1 Å². The van der Waals surface area contributed by atoms with Gasteiger partial charge >= 0.3 is 7.12 Å². The van der Waals surface area contributed by atoms with Gasteiger partial charge in [0.15, 0.2) is 0 Å². The van der Waals surface area contributed by atoms with Crippen LogP contribution in [0.1, 0.15) is 23.2 Å². The molecule has 1 aromatic carbocycles. The Hall–Kier alpha value is -1.37. The topological polar surface area (TPSA) is 78.8 Å². The third-order valence-electron chi connectivity index (χ3n) is 3.03. The van der Waals surface area contributed by atoms with E-state index in [0.717, 1.165) is 12.8 Å². The Morgan fingerprint density at radius 3 is 2.39 bits per heavy atom. The third kappa shape index (κ3) is 3.32. The lowest BCUT2D eigenvalue weighted by atomic mass is 9.80. The fourth-order valence-electron chi connectivity index (χ4n) is 1.92. The van der Waals surface area contributed by atoms with E-state index in [0.29, 0.717) is 24.2 Å². The maximum absolute atomic E-state index is 11.9. The summed E-state index contributed by atoms with van der Waals surface area (Å²) >= 11 is 0. The first-order valence-electron chi connectivity index (χ1n) is 6.01. The number of carbonyl (C=O) groups excluding carboxylic acids is 1. The Morgan fingerprint density at radius 2 is 1.83 bits per heavy atom. The molecule has 0 aromatic heterocycles. The molecule has 1 aromatic rings. The number of rotatable bonds is 3. The standard InChI is InChI=1S/C12H16BNO4/c15-12(14-11-5-7-18-8-6-11)9-1-3-10(4-2-9)13(16)17/h1-4,11,16-17H,5-8H2,(H,14,15). The van der Waals surface area contributed by atoms with Crippen molar-refractivity contribution in [2.45, 2.75) is 18.9 Å². The first-order chi connectivity index (χ1) is 8.66. The van der Waals surface area contributed by atoms with Gasteiger partial charge in [-0.25, -0.2) is 0 Å². The molecule has 0 radical (unpaired) electrons. The minimum atomic E-state index is -1.50. The highest BCUT2D eigenvalue weighted by Crippen LogP contribution is 2.07. The second-order valence-corrected chi connectivity index (χ2v) is 4.36. The molecule has 96 valence electrons. The van der Waals surface area contributed by atoms with Crippen LogP contribution in [0.5, 0.6) is 0 Å². The van der Waals surface area contributed by atoms with Gasteiger partial charge in [0.2, 0.25) is 0 Å². The second kappa shape index (κ2) is 5.99. The summed E-state index contributed by atoms with van der Waals surface area (Å²) in [5.74, 6) is -0.138. The van der Waals surface area contributed by atoms with Gasteiger partial charge in [0.05, 0.1) is 0 Å². The number of nitrogens with one attached hydrogen (secondary N) is 1. The molecule has 0 spiro atoms. The van der Waals surface area contributed by atoms with Crippen molar-refractivity contribution in [3.8, 4) is 0 Å². The van der Waals surface area contributed by atoms with Crippen LogP contribution in [-0.2, 0) is 4.74 Å². The van der Waals surface area contributed by atoms with E-state index in [1.165, 1.54) is 12.1 Å². The lowest BCUT2D eigenvalue weighted by Gasteiger charge is -2.23. The van der Waals surface area contributed by atoms with E-state index >= 15 is 0 Å². The van der Waals surface area contributed by atoms with Crippen molar-refractivity contribution in [2.24, 2.45) is 0 Å². The van der Waals surface area contributed by atoms with Gasteiger partial charge in [-0.05, 0) is 30.4 Å². The van der Waals surface area contributed by atoms with Gasteiger partial charge in [0, 0.05) is 24.8 Å². The summed E-state index contributed by atoms with van der Waals surface area (Å²) < 4.78 is 5.22. The van der Waals surface area contributed by atoms with Crippen molar-refractivity contribution < 1.29 is 19.6 Å². The maximum atomic E-state index is 11.9. The lowest BCUT2D eigenvalue weighted by molar-refractivity contribution is 0.0696. The monoisotopic (exact) mass is 249 g/mol. The highest BCUT2D eigenvalue weighted by Gasteiger charge is 2.17. The first kappa shape index (κ1) is 13.1. The molecule has 1 aliphatic heterocycles. The molecule has 1 aliphatic rings. The Bertz CT molecular complexity index is 401. The molecule has 1 saturated heterocycles. The van der Waals surface area contributed by atoms with Gasteiger partial charge in [-0.1, -0.05) is 12.1 Å². The van der Waals surface area contributed by atoms with E-state index in [2.05, 4.69) is 5.32 Å². The van der Waals surface area contributed by atoms with Crippen LogP contribution >= 0.6 is 0 Å². The summed E-state index contributed by atoms with van der Waals surface area (Å²) in [4.78, 5) is 11.9. The molecule has 0 atom stereocenters. The zero-order chi connectivity index (χ0) is 13.0. The van der Waals surface area contributed by atoms with Crippen molar-refractivity contribution in [3.63, 3.8) is 0 Å². The summed E-state index contributed by atoms with van der Waals surface area (Å²) in [6.07, 6.45) is 1.67. The van der Waals surface area contributed by atoms with Gasteiger partial charge in [-0.15, -0.1) is 0 Å². The molecule has 1 amide bonds. The van der Waals surface area contributed by atoms with E-state index in [1.54, 1.807) is 12.1 Å². The summed E-state index contributed by atoms with van der Waals surface area (Å²) in [6.45, 7) is 1.36. The zero-order valence-electron chi connectivity index (χ0n) is 10.0. The van der Waals surface area contributed by atoms with Crippen molar-refractivity contribution in [1.82, 2.24) is 5.32 Å². The smallest absolute Gasteiger partial charge is 0.423 e. The molecule has 0 unspecified atom stereocenters. The predicted molar refractivity (Wildman–Crippen MR) is 67.6 cm³/mol. The van der Waals surface area contributed by atoms with Gasteiger partial charge in [0.25, 0.3) is 5.91 Å². The maximum Gasteiger partial charge on any atom is 0.488 e. The van der Waals surface area contributed by atoms with E-state index in [9.17, 15) is 4.79 Å². The summed E-state index contributed by atoms with van der Waals surface area (Å²) in [6, 6.07) is 6.40. The normalized spacial score (nSPS) is 16.3. The van der Waals surface area contributed by atoms with E-state index in [1.807, 2.05) is 0 Å². The predicted octanol–water partition coefficient (Wildman–Crippen LogP) is -0.725. The molecule has 0 saturated carbocycles. The molecule has 5 nitrogen and oxygen atoms in total. The minimum Gasteiger partial charge on any atom is -0.423 e. The molecule has 0 aliphatic carbocycles. The zero-order valence-corrected chi connectivity index (χ0v) is 10.0. The Morgan fingerprint density at radius 1 is 1.22 bits per heavy atom. The number of amides is 1. The summed E-state index contributed by atoms with van der Waals surface area (Å²) in [7, 11) is -1.50. The Kier molecular flexibility index (Phi) is 4.35. The SMILES string of the molecule is O=C(NC1CCOCC1)c1ccc(B(O)O)cc1. The number of benzene rings is 1. The molecular weight excluding hydrogens is 233 g/mol. The van der Waals surface area contributed by atoms with Gasteiger partial charge in [0.1, 0.15) is 0 Å². The largest absolute Gasteiger partial charge is 0.488 e. The van der Waals surface area contributed by atoms with Crippen LogP contribution in [-0.4, -0.2) is 42.3 Å². The quantitative estimate of drug-likeness (QED) is 0.617. The second-order valence-electron chi connectivity index (χ2n) is 4.36. The molecule has 3 N–H and O–H groups in total. The van der Waals surface area contributed by atoms with E-state index in [-0.39, 0.29) is 11.9 Å². The fourth-order valence-corrected chi connectivity index (χ4v) is 1.92. The third-order valence-corrected chi connectivity index (χ3v) is 3.03. The van der Waals surface area contributed by atoms with Crippen LogP contribution in [0.2, 0.25) is 0 Å². The van der Waals surface area contributed by atoms with Crippen LogP contribution in [0.3, 0.4) is 0 Å². The fraction of sp³-hybridized carbons (Fsp3) is 0.417. The molecule has 1 heterocycles. The highest BCUT2D eigenvalue weighted by molar-refractivity contribution is 6.58. The van der Waals surface area contributed by atoms with E-state index < -0.39 is 7.12 Å². The summed E-state index contributed by atoms with van der Waals surface area (Å²) in [5.41, 5.74) is 0.892. The Balaban J connectivity index is 1.95. The Labute approximate surface area is 106 Å². The van der Waals surface area contributed by atoms with Gasteiger partial charge in [-0.3, -0.25) is 4.79 Å². The molecule has 18 heavy (non-hydrogen) atoms. The highest BCUT2D eigenvalue weighted by atomic mass is 16.5. The molecule has 2 rings (SSSR count). The minimum absolute atomic E-state index is 0.138. The van der Waals surface area contributed by atoms with Gasteiger partial charge in [-0.2, -0.15) is 0 Å². The van der Waals surface area contributed by atoms with Crippen LogP contribution in [0.25, 0.3) is 0 Å². The van der Waals surface area contributed by atoms with Crippen LogP contribution in [0.15, 0.2) is 24.3 Å². The van der Waals surface area contributed by atoms with E-state index in [4.69, 9.17) is 14.8 Å². The lowest BCUT2D eigenvalue weighted by Crippen LogP contribution is -2.39. The average Bonchev–Trinajstić information content (AvgIpc) is 2.40. The number of hydrogen-bond acceptors (Lipinski definition) is 4. The van der Waals surface area contributed by atoms with Crippen molar-refractivity contribution in [2.75, 3.05) is 13.2 Å². The molecule has 1 fully saturated rings. The van der Waals surface area contributed by atoms with Crippen molar-refractivity contribution >= 4 is 18.5 Å². The molecule has 0 bridgehead atoms. The molecular formula is C12H16BNO4. The van der Waals surface area contributed by atoms with Crippen LogP contribution in [0.4, 0.5) is 0 Å². The van der Waals surface area contributed by atoms with Crippen molar-refractivity contribution in [3.05, 3.63) is 29.8 Å². The van der Waals surface area contributed by atoms with Crippen LogP contribution in [0, 0.1) is 0 Å². The molecule has 6 heteroatoms. The average molecular weight is 249 g/mol. The van der Waals surface area contributed by atoms with Crippen LogP contribution < -0.4 is 10.8 Å². The van der Waals surface area contributed by atoms with Crippen molar-refractivity contribution in [1.29, 1.82) is 0 Å².